The highest BCUT2D eigenvalue weighted by atomic mass is 28.4. The van der Waals surface area contributed by atoms with Gasteiger partial charge in [0, 0.05) is 18.6 Å². The number of carbonyl (C=O) groups is 3. The minimum absolute atomic E-state index is 0.0586. The van der Waals surface area contributed by atoms with Crippen LogP contribution in [0, 0.1) is 16.0 Å². The third-order valence-electron chi connectivity index (χ3n) is 6.34. The van der Waals surface area contributed by atoms with E-state index in [1.807, 2.05) is 0 Å². The van der Waals surface area contributed by atoms with Crippen molar-refractivity contribution in [2.45, 2.75) is 71.0 Å². The van der Waals surface area contributed by atoms with E-state index in [2.05, 4.69) is 44.0 Å². The summed E-state index contributed by atoms with van der Waals surface area (Å²) in [5.41, 5.74) is 8.76. The molecular formula is C22H30N4O7Si. The second kappa shape index (κ2) is 10.4. The molecule has 0 unspecified atom stereocenters. The van der Waals surface area contributed by atoms with Crippen molar-refractivity contribution in [3.8, 4) is 0 Å². The van der Waals surface area contributed by atoms with Crippen molar-refractivity contribution in [2.75, 3.05) is 0 Å². The smallest absolute Gasteiger partial charge is 0.441 e. The zero-order valence-corrected chi connectivity index (χ0v) is 21.2. The first-order valence-corrected chi connectivity index (χ1v) is 13.7. The lowest BCUT2D eigenvalue weighted by molar-refractivity contribution is -0.384. The number of nitrogens with zero attached hydrogens (tertiary/aromatic N) is 3. The number of ketones is 1. The van der Waals surface area contributed by atoms with Crippen LogP contribution >= 0.6 is 0 Å². The number of carbonyl (C=O) groups excluding carboxylic acids is 3. The van der Waals surface area contributed by atoms with Crippen LogP contribution in [0.15, 0.2) is 24.3 Å². The molecule has 1 N–H and O–H groups in total. The third kappa shape index (κ3) is 6.22. The van der Waals surface area contributed by atoms with Crippen molar-refractivity contribution in [1.82, 2.24) is 5.32 Å². The summed E-state index contributed by atoms with van der Waals surface area (Å²) >= 11 is 0. The summed E-state index contributed by atoms with van der Waals surface area (Å²) in [6.45, 7) is 11.9. The van der Waals surface area contributed by atoms with Gasteiger partial charge < -0.3 is 20.0 Å². The summed E-state index contributed by atoms with van der Waals surface area (Å²) in [6.07, 6.45) is -0.691. The summed E-state index contributed by atoms with van der Waals surface area (Å²) in [7, 11) is -2.15. The van der Waals surface area contributed by atoms with E-state index in [0.717, 1.165) is 0 Å². The Morgan fingerprint density at radius 2 is 1.85 bits per heavy atom. The first kappa shape index (κ1) is 27.0. The van der Waals surface area contributed by atoms with E-state index >= 15 is 0 Å². The van der Waals surface area contributed by atoms with Gasteiger partial charge in [-0.3, -0.25) is 19.7 Å². The van der Waals surface area contributed by atoms with Crippen LogP contribution < -0.4 is 5.32 Å². The van der Waals surface area contributed by atoms with E-state index < -0.39 is 48.8 Å². The Bertz CT molecular complexity index is 1030. The van der Waals surface area contributed by atoms with Crippen LogP contribution in [0.3, 0.4) is 0 Å². The topological polar surface area (TPSA) is 161 Å². The molecule has 0 bridgehead atoms. The van der Waals surface area contributed by atoms with E-state index in [0.29, 0.717) is 5.56 Å². The first-order chi connectivity index (χ1) is 15.7. The van der Waals surface area contributed by atoms with E-state index in [-0.39, 0.29) is 29.7 Å². The van der Waals surface area contributed by atoms with Crippen molar-refractivity contribution in [1.29, 1.82) is 0 Å². The molecule has 0 spiro atoms. The summed E-state index contributed by atoms with van der Waals surface area (Å²) in [4.78, 5) is 50.0. The molecule has 1 aliphatic rings. The number of ether oxygens (including phenoxy) is 1. The standard InChI is InChI=1S/C22H30N4O7Si/c1-13(33-34(5,6)22(2,3)4)18-16(24-20(18)28)11-17(27)19(25-23)21(29)32-12-14-7-9-15(10-8-14)26(30)31/h7-10,13,16,18H,11-12H2,1-6H3,(H,24,28)/t13-,16-,18+/m1/s1. The average molecular weight is 491 g/mol. The molecule has 1 aromatic rings. The number of esters is 1. The lowest BCUT2D eigenvalue weighted by Crippen LogP contribution is -2.64. The van der Waals surface area contributed by atoms with E-state index in [4.69, 9.17) is 9.16 Å². The molecule has 1 heterocycles. The highest BCUT2D eigenvalue weighted by molar-refractivity contribution is 6.74. The third-order valence-corrected chi connectivity index (χ3v) is 10.9. The van der Waals surface area contributed by atoms with Gasteiger partial charge in [0.05, 0.1) is 23.0 Å². The fourth-order valence-electron chi connectivity index (χ4n) is 3.33. The van der Waals surface area contributed by atoms with Crippen LogP contribution in [0.2, 0.25) is 18.1 Å². The Hall–Kier alpha value is -3.21. The fraction of sp³-hybridized carbons (Fsp3) is 0.545. The molecule has 0 saturated carbocycles. The van der Waals surface area contributed by atoms with Crippen molar-refractivity contribution < 1.29 is 33.3 Å². The molecular weight excluding hydrogens is 460 g/mol. The van der Waals surface area contributed by atoms with E-state index in [1.165, 1.54) is 24.3 Å². The van der Waals surface area contributed by atoms with Gasteiger partial charge >= 0.3 is 11.7 Å². The maximum Gasteiger partial charge on any atom is 0.441 e. The maximum absolute atomic E-state index is 12.6. The van der Waals surface area contributed by atoms with Gasteiger partial charge in [0.2, 0.25) is 5.91 Å². The van der Waals surface area contributed by atoms with Crippen molar-refractivity contribution >= 4 is 37.4 Å². The molecule has 34 heavy (non-hydrogen) atoms. The summed E-state index contributed by atoms with van der Waals surface area (Å²) in [5, 5.41) is 13.3. The molecule has 3 atom stereocenters. The van der Waals surface area contributed by atoms with Crippen LogP contribution in [0.25, 0.3) is 5.53 Å². The Morgan fingerprint density at radius 3 is 2.32 bits per heavy atom. The van der Waals surface area contributed by atoms with Crippen molar-refractivity contribution in [2.24, 2.45) is 5.92 Å². The molecule has 1 aromatic carbocycles. The molecule has 12 heteroatoms. The predicted molar refractivity (Wildman–Crippen MR) is 124 cm³/mol. The lowest BCUT2D eigenvalue weighted by atomic mass is 9.82. The molecule has 1 saturated heterocycles. The van der Waals surface area contributed by atoms with Gasteiger partial charge in [-0.25, -0.2) is 4.79 Å². The second-order valence-electron chi connectivity index (χ2n) is 9.80. The molecule has 0 aliphatic carbocycles. The first-order valence-electron chi connectivity index (χ1n) is 10.8. The van der Waals surface area contributed by atoms with E-state index in [1.54, 1.807) is 6.92 Å². The Balaban J connectivity index is 1.98. The number of hydrogen-bond acceptors (Lipinski definition) is 7. The lowest BCUT2D eigenvalue weighted by Gasteiger charge is -2.45. The monoisotopic (exact) mass is 490 g/mol. The molecule has 11 nitrogen and oxygen atoms in total. The van der Waals surface area contributed by atoms with Crippen molar-refractivity contribution in [3.05, 3.63) is 45.5 Å². The summed E-state index contributed by atoms with van der Waals surface area (Å²) in [6, 6.07) is 4.74. The van der Waals surface area contributed by atoms with Crippen molar-refractivity contribution in [3.63, 3.8) is 0 Å². The molecule has 2 rings (SSSR count). The van der Waals surface area contributed by atoms with Crippen LogP contribution in [-0.4, -0.2) is 53.5 Å². The maximum atomic E-state index is 12.6. The zero-order chi connectivity index (χ0) is 25.8. The number of rotatable bonds is 10. The molecule has 1 aliphatic heterocycles. The van der Waals surface area contributed by atoms with Gasteiger partial charge in [-0.15, -0.1) is 0 Å². The highest BCUT2D eigenvalue weighted by Crippen LogP contribution is 2.39. The predicted octanol–water partition coefficient (Wildman–Crippen LogP) is 2.79. The van der Waals surface area contributed by atoms with Gasteiger partial charge in [-0.1, -0.05) is 20.8 Å². The minimum atomic E-state index is -2.15. The number of nitrogens with one attached hydrogen (secondary N) is 1. The normalized spacial score (nSPS) is 18.7. The minimum Gasteiger partial charge on any atom is -0.452 e. The quantitative estimate of drug-likeness (QED) is 0.0607. The number of Topliss-reactive ketones (excluding diaryl/α,β-unsaturated/α-hetero) is 1. The number of β-lactam (4-membered cyclic amide) rings is 1. The number of nitro groups is 1. The van der Waals surface area contributed by atoms with Gasteiger partial charge in [-0.2, -0.15) is 4.79 Å². The summed E-state index contributed by atoms with van der Waals surface area (Å²) < 4.78 is 11.3. The zero-order valence-electron chi connectivity index (χ0n) is 20.2. The van der Waals surface area contributed by atoms with Gasteiger partial charge in [0.1, 0.15) is 6.61 Å². The Labute approximate surface area is 198 Å². The Morgan fingerprint density at radius 1 is 1.26 bits per heavy atom. The number of non-ortho nitro benzene ring substituents is 1. The van der Waals surface area contributed by atoms with Crippen LogP contribution in [0.5, 0.6) is 0 Å². The SMILES string of the molecule is C[C@@H](O[Si](C)(C)C(C)(C)C)[C@@H]1C(=O)N[C@@H]1CC(=O)C(=[N+]=[N-])C(=O)OCc1ccc([N+](=O)[O-])cc1. The highest BCUT2D eigenvalue weighted by Gasteiger charge is 2.49. The average Bonchev–Trinajstić information content (AvgIpc) is 2.71. The second-order valence-corrected chi connectivity index (χ2v) is 14.6. The van der Waals surface area contributed by atoms with Gasteiger partial charge in [-0.05, 0) is 42.8 Å². The van der Waals surface area contributed by atoms with Crippen LogP contribution in [-0.2, 0) is 30.2 Å². The number of nitro benzene ring substituents is 1. The summed E-state index contributed by atoms with van der Waals surface area (Å²) in [5.74, 6) is -2.74. The number of amides is 1. The molecule has 1 fully saturated rings. The fourth-order valence-corrected chi connectivity index (χ4v) is 4.76. The molecule has 184 valence electrons. The molecule has 1 amide bonds. The van der Waals surface area contributed by atoms with E-state index in [9.17, 15) is 30.0 Å². The van der Waals surface area contributed by atoms with Gasteiger partial charge in [0.25, 0.3) is 11.5 Å². The van der Waals surface area contributed by atoms with Crippen LogP contribution in [0.1, 0.15) is 39.7 Å². The molecule has 0 radical (unpaired) electrons. The number of benzene rings is 1. The molecule has 0 aromatic heterocycles. The number of hydrogen-bond donors (Lipinski definition) is 1. The van der Waals surface area contributed by atoms with Gasteiger partial charge in [0.15, 0.2) is 8.32 Å². The largest absolute Gasteiger partial charge is 0.452 e. The Kier molecular flexibility index (Phi) is 8.25. The van der Waals surface area contributed by atoms with Crippen LogP contribution in [0.4, 0.5) is 5.69 Å².